The van der Waals surface area contributed by atoms with Crippen LogP contribution in [0.2, 0.25) is 0 Å². The van der Waals surface area contributed by atoms with Crippen molar-refractivity contribution in [3.63, 3.8) is 0 Å². The summed E-state index contributed by atoms with van der Waals surface area (Å²) in [6.45, 7) is 13.2. The summed E-state index contributed by atoms with van der Waals surface area (Å²) in [5, 5.41) is 0. The molecule has 0 aromatic heterocycles. The molecule has 0 aliphatic carbocycles. The molecule has 66 valence electrons. The summed E-state index contributed by atoms with van der Waals surface area (Å²) in [4.78, 5) is 2.56. The lowest BCUT2D eigenvalue weighted by molar-refractivity contribution is 0.213. The van der Waals surface area contributed by atoms with Crippen LogP contribution in [0.5, 0.6) is 0 Å². The van der Waals surface area contributed by atoms with Gasteiger partial charge in [0.05, 0.1) is 0 Å². The van der Waals surface area contributed by atoms with Crippen LogP contribution in [0, 0.1) is 11.3 Å². The zero-order valence-corrected chi connectivity index (χ0v) is 8.35. The fourth-order valence-corrected chi connectivity index (χ4v) is 1.82. The van der Waals surface area contributed by atoms with Crippen LogP contribution in [0.3, 0.4) is 0 Å². The van der Waals surface area contributed by atoms with Gasteiger partial charge in [-0.1, -0.05) is 27.7 Å². The first kappa shape index (κ1) is 9.05. The minimum absolute atomic E-state index is 0.593. The van der Waals surface area contributed by atoms with Gasteiger partial charge in [-0.3, -0.25) is 0 Å². The quantitative estimate of drug-likeness (QED) is 0.592. The molecule has 0 amide bonds. The summed E-state index contributed by atoms with van der Waals surface area (Å²) < 4.78 is 0. The monoisotopic (exact) mass is 155 g/mol. The van der Waals surface area contributed by atoms with Gasteiger partial charge in [0.2, 0.25) is 0 Å². The van der Waals surface area contributed by atoms with Crippen LogP contribution < -0.4 is 0 Å². The summed E-state index contributed by atoms with van der Waals surface area (Å²) in [6, 6.07) is 0. The average molecular weight is 155 g/mol. The van der Waals surface area contributed by atoms with E-state index in [1.165, 1.54) is 26.1 Å². The Labute approximate surface area is 70.8 Å². The van der Waals surface area contributed by atoms with E-state index >= 15 is 0 Å². The zero-order valence-electron chi connectivity index (χ0n) is 8.35. The molecule has 1 aliphatic rings. The summed E-state index contributed by atoms with van der Waals surface area (Å²) in [5.74, 6) is 0.832. The van der Waals surface area contributed by atoms with Crippen LogP contribution in [0.25, 0.3) is 0 Å². The van der Waals surface area contributed by atoms with Gasteiger partial charge in [0.1, 0.15) is 0 Å². The Bertz CT molecular complexity index is 131. The van der Waals surface area contributed by atoms with E-state index in [9.17, 15) is 0 Å². The van der Waals surface area contributed by atoms with E-state index in [0.717, 1.165) is 5.92 Å². The fraction of sp³-hybridized carbons (Fsp3) is 1.00. The van der Waals surface area contributed by atoms with E-state index in [1.807, 2.05) is 0 Å². The Hall–Kier alpha value is -0.0400. The number of rotatable bonds is 2. The summed E-state index contributed by atoms with van der Waals surface area (Å²) in [6.07, 6.45) is 1.39. The SMILES string of the molecule is CCN1CC[C@](C)(C(C)C)C1. The second-order valence-electron chi connectivity index (χ2n) is 4.43. The van der Waals surface area contributed by atoms with Crippen molar-refractivity contribution >= 4 is 0 Å². The second kappa shape index (κ2) is 3.14. The predicted molar refractivity (Wildman–Crippen MR) is 49.7 cm³/mol. The van der Waals surface area contributed by atoms with Gasteiger partial charge in [0.25, 0.3) is 0 Å². The molecule has 0 radical (unpaired) electrons. The molecule has 1 atom stereocenters. The molecular formula is C10H21N. The Balaban J connectivity index is 2.50. The molecule has 1 aliphatic heterocycles. The largest absolute Gasteiger partial charge is 0.303 e. The van der Waals surface area contributed by atoms with E-state index in [4.69, 9.17) is 0 Å². The van der Waals surface area contributed by atoms with Crippen molar-refractivity contribution in [3.8, 4) is 0 Å². The highest BCUT2D eigenvalue weighted by Gasteiger charge is 2.35. The van der Waals surface area contributed by atoms with E-state index in [2.05, 4.69) is 32.6 Å². The lowest BCUT2D eigenvalue weighted by atomic mass is 9.79. The third kappa shape index (κ3) is 1.76. The molecule has 0 N–H and O–H groups in total. The standard InChI is InChI=1S/C10H21N/c1-5-11-7-6-10(4,8-11)9(2)3/h9H,5-8H2,1-4H3/t10-/m0/s1. The van der Waals surface area contributed by atoms with Crippen molar-refractivity contribution in [2.45, 2.75) is 34.1 Å². The van der Waals surface area contributed by atoms with E-state index in [1.54, 1.807) is 0 Å². The third-order valence-electron chi connectivity index (χ3n) is 3.43. The molecule has 1 heteroatoms. The van der Waals surface area contributed by atoms with Gasteiger partial charge in [-0.15, -0.1) is 0 Å². The van der Waals surface area contributed by atoms with Crippen molar-refractivity contribution in [1.29, 1.82) is 0 Å². The Morgan fingerprint density at radius 3 is 2.36 bits per heavy atom. The van der Waals surface area contributed by atoms with Crippen LogP contribution in [-0.4, -0.2) is 24.5 Å². The van der Waals surface area contributed by atoms with Crippen molar-refractivity contribution in [2.75, 3.05) is 19.6 Å². The summed E-state index contributed by atoms with van der Waals surface area (Å²) in [7, 11) is 0. The van der Waals surface area contributed by atoms with Crippen LogP contribution in [0.4, 0.5) is 0 Å². The van der Waals surface area contributed by atoms with Crippen molar-refractivity contribution in [1.82, 2.24) is 4.90 Å². The number of nitrogens with zero attached hydrogens (tertiary/aromatic N) is 1. The topological polar surface area (TPSA) is 3.24 Å². The van der Waals surface area contributed by atoms with Gasteiger partial charge >= 0.3 is 0 Å². The zero-order chi connectivity index (χ0) is 8.48. The normalized spacial score (nSPS) is 33.5. The highest BCUT2D eigenvalue weighted by molar-refractivity contribution is 4.87. The molecule has 0 bridgehead atoms. The molecule has 11 heavy (non-hydrogen) atoms. The molecule has 0 spiro atoms. The van der Waals surface area contributed by atoms with Gasteiger partial charge in [-0.2, -0.15) is 0 Å². The lowest BCUT2D eigenvalue weighted by Gasteiger charge is -2.28. The van der Waals surface area contributed by atoms with Crippen LogP contribution in [0.1, 0.15) is 34.1 Å². The highest BCUT2D eigenvalue weighted by atomic mass is 15.1. The molecular weight excluding hydrogens is 134 g/mol. The third-order valence-corrected chi connectivity index (χ3v) is 3.43. The Kier molecular flexibility index (Phi) is 2.58. The van der Waals surface area contributed by atoms with E-state index < -0.39 is 0 Å². The van der Waals surface area contributed by atoms with Crippen molar-refractivity contribution in [2.24, 2.45) is 11.3 Å². The maximum absolute atomic E-state index is 2.56. The Morgan fingerprint density at radius 2 is 2.09 bits per heavy atom. The highest BCUT2D eigenvalue weighted by Crippen LogP contribution is 2.36. The number of hydrogen-bond donors (Lipinski definition) is 0. The molecule has 0 unspecified atom stereocenters. The van der Waals surface area contributed by atoms with Crippen LogP contribution >= 0.6 is 0 Å². The minimum Gasteiger partial charge on any atom is -0.303 e. The summed E-state index contributed by atoms with van der Waals surface area (Å²) in [5.41, 5.74) is 0.593. The fourth-order valence-electron chi connectivity index (χ4n) is 1.82. The molecule has 1 nitrogen and oxygen atoms in total. The maximum Gasteiger partial charge on any atom is 0.00381 e. The van der Waals surface area contributed by atoms with Crippen molar-refractivity contribution in [3.05, 3.63) is 0 Å². The van der Waals surface area contributed by atoms with Crippen molar-refractivity contribution < 1.29 is 0 Å². The van der Waals surface area contributed by atoms with Gasteiger partial charge in [0, 0.05) is 6.54 Å². The predicted octanol–water partition coefficient (Wildman–Crippen LogP) is 2.37. The van der Waals surface area contributed by atoms with E-state index in [-0.39, 0.29) is 0 Å². The molecule has 0 saturated carbocycles. The van der Waals surface area contributed by atoms with Gasteiger partial charge in [0.15, 0.2) is 0 Å². The van der Waals surface area contributed by atoms with Gasteiger partial charge in [-0.05, 0) is 30.8 Å². The lowest BCUT2D eigenvalue weighted by Crippen LogP contribution is -2.28. The molecule has 1 heterocycles. The first-order valence-electron chi connectivity index (χ1n) is 4.81. The molecule has 0 aromatic carbocycles. The molecule has 1 saturated heterocycles. The molecule has 1 fully saturated rings. The Morgan fingerprint density at radius 1 is 1.45 bits per heavy atom. The number of hydrogen-bond acceptors (Lipinski definition) is 1. The van der Waals surface area contributed by atoms with Gasteiger partial charge in [-0.25, -0.2) is 0 Å². The van der Waals surface area contributed by atoms with Crippen LogP contribution in [-0.2, 0) is 0 Å². The summed E-state index contributed by atoms with van der Waals surface area (Å²) >= 11 is 0. The molecule has 1 rings (SSSR count). The average Bonchev–Trinajstić information content (AvgIpc) is 2.33. The maximum atomic E-state index is 2.56. The van der Waals surface area contributed by atoms with E-state index in [0.29, 0.717) is 5.41 Å². The minimum atomic E-state index is 0.593. The molecule has 0 aromatic rings. The second-order valence-corrected chi connectivity index (χ2v) is 4.43. The van der Waals surface area contributed by atoms with Crippen LogP contribution in [0.15, 0.2) is 0 Å². The van der Waals surface area contributed by atoms with Gasteiger partial charge < -0.3 is 4.90 Å². The number of likely N-dealkylation sites (tertiary alicyclic amines) is 1. The first-order chi connectivity index (χ1) is 5.08. The first-order valence-corrected chi connectivity index (χ1v) is 4.81. The smallest absolute Gasteiger partial charge is 0.00381 e.